The molecule has 0 radical (unpaired) electrons. The van der Waals surface area contributed by atoms with E-state index < -0.39 is 35.2 Å². The van der Waals surface area contributed by atoms with Crippen LogP contribution < -0.4 is 21.1 Å². The van der Waals surface area contributed by atoms with Gasteiger partial charge in [0, 0.05) is 18.7 Å². The number of aromatic nitrogens is 3. The van der Waals surface area contributed by atoms with Crippen LogP contribution in [0.4, 0.5) is 13.2 Å². The number of alkyl halides is 3. The van der Waals surface area contributed by atoms with E-state index in [9.17, 15) is 32.7 Å². The smallest absolute Gasteiger partial charge is 0.431 e. The van der Waals surface area contributed by atoms with Crippen molar-refractivity contribution in [2.75, 3.05) is 0 Å². The molecule has 0 bridgehead atoms. The number of aliphatic carboxylic acids is 1. The predicted octanol–water partition coefficient (Wildman–Crippen LogP) is 2.19. The van der Waals surface area contributed by atoms with Gasteiger partial charge in [-0.2, -0.15) is 13.2 Å². The van der Waals surface area contributed by atoms with Gasteiger partial charge in [0.15, 0.2) is 5.58 Å². The van der Waals surface area contributed by atoms with E-state index in [0.29, 0.717) is 26.2 Å². The molecule has 0 fully saturated rings. The van der Waals surface area contributed by atoms with Crippen LogP contribution in [0.2, 0.25) is 0 Å². The summed E-state index contributed by atoms with van der Waals surface area (Å²) in [7, 11) is 0.916. The third kappa shape index (κ3) is 4.29. The van der Waals surface area contributed by atoms with Gasteiger partial charge in [-0.15, -0.1) is 0 Å². The van der Waals surface area contributed by atoms with Crippen LogP contribution in [0.1, 0.15) is 18.2 Å². The Morgan fingerprint density at radius 3 is 2.51 bits per heavy atom. The second-order valence-corrected chi connectivity index (χ2v) is 7.83. The molecule has 0 saturated heterocycles. The molecule has 0 aliphatic heterocycles. The molecule has 1 atom stereocenters. The molecular formula is C23H17F3N3O6-. The van der Waals surface area contributed by atoms with E-state index in [2.05, 4.69) is 5.16 Å². The van der Waals surface area contributed by atoms with Crippen molar-refractivity contribution in [3.63, 3.8) is 0 Å². The zero-order valence-electron chi connectivity index (χ0n) is 18.5. The van der Waals surface area contributed by atoms with Crippen LogP contribution in [0.15, 0.2) is 56.6 Å². The van der Waals surface area contributed by atoms with Gasteiger partial charge >= 0.3 is 11.9 Å². The van der Waals surface area contributed by atoms with E-state index in [1.54, 1.807) is 25.1 Å². The highest BCUT2D eigenvalue weighted by atomic mass is 19.4. The van der Waals surface area contributed by atoms with Crippen molar-refractivity contribution in [1.82, 2.24) is 14.3 Å². The fraction of sp³-hybridized carbons (Fsp3) is 0.217. The highest BCUT2D eigenvalue weighted by Gasteiger charge is 2.35. The van der Waals surface area contributed by atoms with E-state index in [0.717, 1.165) is 12.6 Å². The summed E-state index contributed by atoms with van der Waals surface area (Å²) in [5, 5.41) is 15.5. The fourth-order valence-corrected chi connectivity index (χ4v) is 3.57. The van der Waals surface area contributed by atoms with Crippen LogP contribution in [0.5, 0.6) is 5.75 Å². The Kier molecular flexibility index (Phi) is 5.75. The number of rotatable bonds is 5. The van der Waals surface area contributed by atoms with Crippen molar-refractivity contribution in [1.29, 1.82) is 0 Å². The second-order valence-electron chi connectivity index (χ2n) is 7.83. The lowest BCUT2D eigenvalue weighted by Gasteiger charge is -2.18. The average molecular weight is 488 g/mol. The zero-order chi connectivity index (χ0) is 25.7. The fourth-order valence-electron chi connectivity index (χ4n) is 3.57. The topological polar surface area (TPSA) is 119 Å². The first-order valence-electron chi connectivity index (χ1n) is 10.2. The number of fused-ring (bicyclic) bond motifs is 1. The van der Waals surface area contributed by atoms with Crippen molar-refractivity contribution < 1.29 is 32.3 Å². The van der Waals surface area contributed by atoms with Crippen LogP contribution in [0, 0.1) is 6.92 Å². The standard InChI is InChI=1S/C23H18F3N3O6/c1-11-4-6-16(34-12(2)21(31)32)14(8-11)20-15-9-13(5-7-17(15)35-27-20)29-19(30)10-18(23(24,25)26)28(3)22(29)33/h4-10,12H,1-3H3,(H,31,32)/p-1. The highest BCUT2D eigenvalue weighted by Crippen LogP contribution is 2.36. The first-order valence-corrected chi connectivity index (χ1v) is 10.2. The number of carboxylic acid groups (broad SMARTS) is 1. The quantitative estimate of drug-likeness (QED) is 0.422. The molecule has 12 heteroatoms. The van der Waals surface area contributed by atoms with Crippen LogP contribution in [-0.2, 0) is 18.0 Å². The summed E-state index contributed by atoms with van der Waals surface area (Å²) in [4.78, 5) is 36.3. The number of aryl methyl sites for hydroxylation is 1. The molecule has 2 aromatic carbocycles. The zero-order valence-corrected chi connectivity index (χ0v) is 18.5. The van der Waals surface area contributed by atoms with Crippen molar-refractivity contribution in [2.24, 2.45) is 7.05 Å². The molecule has 1 unspecified atom stereocenters. The number of ether oxygens (including phenoxy) is 1. The molecule has 0 amide bonds. The second kappa shape index (κ2) is 8.46. The minimum Gasteiger partial charge on any atom is -0.546 e. The van der Waals surface area contributed by atoms with Crippen LogP contribution in [-0.4, -0.2) is 26.4 Å². The monoisotopic (exact) mass is 488 g/mol. The van der Waals surface area contributed by atoms with Crippen LogP contribution in [0.3, 0.4) is 0 Å². The maximum atomic E-state index is 13.2. The van der Waals surface area contributed by atoms with Gasteiger partial charge in [-0.1, -0.05) is 16.8 Å². The molecule has 0 aliphatic rings. The molecule has 0 N–H and O–H groups in total. The molecule has 2 heterocycles. The first kappa shape index (κ1) is 23.8. The number of carboxylic acids is 1. The number of carbonyl (C=O) groups is 1. The number of halogens is 3. The SMILES string of the molecule is Cc1ccc(OC(C)C(=O)[O-])c(-c2noc3ccc(-n4c(=O)cc(C(F)(F)F)n(C)c4=O)cc23)c1. The molecule has 4 rings (SSSR count). The number of benzene rings is 2. The minimum absolute atomic E-state index is 0.0144. The molecule has 9 nitrogen and oxygen atoms in total. The molecule has 0 aliphatic carbocycles. The summed E-state index contributed by atoms with van der Waals surface area (Å²) in [5.74, 6) is -1.27. The summed E-state index contributed by atoms with van der Waals surface area (Å²) in [6.45, 7) is 3.08. The van der Waals surface area contributed by atoms with Crippen molar-refractivity contribution >= 4 is 16.9 Å². The first-order chi connectivity index (χ1) is 16.4. The molecule has 0 spiro atoms. The summed E-state index contributed by atoms with van der Waals surface area (Å²) in [6.07, 6.45) is -6.17. The van der Waals surface area contributed by atoms with E-state index in [1.165, 1.54) is 25.1 Å². The molecular weight excluding hydrogens is 471 g/mol. The molecule has 4 aromatic rings. The van der Waals surface area contributed by atoms with E-state index in [-0.39, 0.29) is 22.7 Å². The van der Waals surface area contributed by atoms with Gasteiger partial charge in [0.1, 0.15) is 23.2 Å². The Balaban J connectivity index is 1.91. The van der Waals surface area contributed by atoms with Gasteiger partial charge in [0.2, 0.25) is 0 Å². The Bertz CT molecular complexity index is 1580. The molecule has 0 saturated carbocycles. The van der Waals surface area contributed by atoms with Gasteiger partial charge in [-0.3, -0.25) is 9.36 Å². The van der Waals surface area contributed by atoms with Gasteiger partial charge in [-0.05, 0) is 44.2 Å². The van der Waals surface area contributed by atoms with Crippen molar-refractivity contribution in [2.45, 2.75) is 26.1 Å². The Morgan fingerprint density at radius 2 is 1.86 bits per heavy atom. The summed E-state index contributed by atoms with van der Waals surface area (Å²) < 4.78 is 51.3. The lowest BCUT2D eigenvalue weighted by Crippen LogP contribution is -2.40. The maximum Gasteiger partial charge on any atom is 0.431 e. The van der Waals surface area contributed by atoms with Gasteiger partial charge in [0.05, 0.1) is 17.0 Å². The van der Waals surface area contributed by atoms with Crippen LogP contribution in [0.25, 0.3) is 27.9 Å². The highest BCUT2D eigenvalue weighted by molar-refractivity contribution is 5.94. The number of carbonyl (C=O) groups excluding carboxylic acids is 1. The lowest BCUT2D eigenvalue weighted by molar-refractivity contribution is -0.312. The predicted molar refractivity (Wildman–Crippen MR) is 115 cm³/mol. The van der Waals surface area contributed by atoms with E-state index in [4.69, 9.17) is 9.26 Å². The summed E-state index contributed by atoms with van der Waals surface area (Å²) in [5.41, 5.74) is -2.14. The number of hydrogen-bond donors (Lipinski definition) is 0. The Labute approximate surface area is 194 Å². The largest absolute Gasteiger partial charge is 0.546 e. The number of hydrogen-bond acceptors (Lipinski definition) is 7. The molecule has 182 valence electrons. The Hall–Kier alpha value is -4.35. The normalized spacial score (nSPS) is 12.6. The van der Waals surface area contributed by atoms with Crippen molar-refractivity contribution in [3.05, 3.63) is 74.6 Å². The molecule has 35 heavy (non-hydrogen) atoms. The third-order valence-corrected chi connectivity index (χ3v) is 5.35. The minimum atomic E-state index is -4.89. The lowest BCUT2D eigenvalue weighted by atomic mass is 10.0. The van der Waals surface area contributed by atoms with Crippen LogP contribution >= 0.6 is 0 Å². The van der Waals surface area contributed by atoms with E-state index in [1.807, 2.05) is 0 Å². The van der Waals surface area contributed by atoms with Gasteiger partial charge in [0.25, 0.3) is 5.56 Å². The summed E-state index contributed by atoms with van der Waals surface area (Å²) >= 11 is 0. The number of nitrogens with zero attached hydrogens (tertiary/aromatic N) is 3. The van der Waals surface area contributed by atoms with E-state index >= 15 is 0 Å². The maximum absolute atomic E-state index is 13.2. The molecule has 2 aromatic heterocycles. The summed E-state index contributed by atoms with van der Waals surface area (Å²) in [6, 6.07) is 9.36. The third-order valence-electron chi connectivity index (χ3n) is 5.35. The van der Waals surface area contributed by atoms with Gasteiger partial charge < -0.3 is 19.2 Å². The average Bonchev–Trinajstić information content (AvgIpc) is 3.20. The van der Waals surface area contributed by atoms with Gasteiger partial charge in [-0.25, -0.2) is 9.36 Å². The Morgan fingerprint density at radius 1 is 1.14 bits per heavy atom. The van der Waals surface area contributed by atoms with Crippen molar-refractivity contribution in [3.8, 4) is 22.7 Å².